The van der Waals surface area contributed by atoms with Crippen molar-refractivity contribution in [3.8, 4) is 11.5 Å². The minimum atomic E-state index is -0.289. The molecule has 2 rings (SSSR count). The Bertz CT molecular complexity index is 714. The molecule has 0 unspecified atom stereocenters. The van der Waals surface area contributed by atoms with Gasteiger partial charge in [0.05, 0.1) is 38.1 Å². The molecule has 1 N–H and O–H groups in total. The van der Waals surface area contributed by atoms with Crippen molar-refractivity contribution in [1.29, 1.82) is 0 Å². The average molecular weight is 428 g/mol. The van der Waals surface area contributed by atoms with E-state index < -0.39 is 0 Å². The lowest BCUT2D eigenvalue weighted by Gasteiger charge is -2.22. The zero-order chi connectivity index (χ0) is 21.4. The Morgan fingerprint density at radius 2 is 1.83 bits per heavy atom. The number of rotatable bonds is 7. The SMILES string of the molecule is COc1cc(OC)c(NC(=O)CN2CCCN(C(=O)OCC(C)C)CC2)cc1Cl. The number of hydrogen-bond donors (Lipinski definition) is 1. The quantitative estimate of drug-likeness (QED) is 0.720. The fourth-order valence-electron chi connectivity index (χ4n) is 2.99. The molecular formula is C20H30ClN3O5. The second-order valence-electron chi connectivity index (χ2n) is 7.32. The first-order chi connectivity index (χ1) is 13.8. The van der Waals surface area contributed by atoms with Crippen LogP contribution in [0, 0.1) is 5.92 Å². The molecule has 1 aromatic rings. The molecule has 1 saturated heterocycles. The van der Waals surface area contributed by atoms with Crippen molar-refractivity contribution < 1.29 is 23.8 Å². The first-order valence-corrected chi connectivity index (χ1v) is 10.1. The Hall–Kier alpha value is -2.19. The first-order valence-electron chi connectivity index (χ1n) is 9.69. The van der Waals surface area contributed by atoms with Crippen LogP contribution < -0.4 is 14.8 Å². The van der Waals surface area contributed by atoms with Crippen molar-refractivity contribution in [2.75, 3.05) is 58.9 Å². The number of nitrogens with zero attached hydrogens (tertiary/aromatic N) is 2. The largest absolute Gasteiger partial charge is 0.495 e. The maximum Gasteiger partial charge on any atom is 0.409 e. The monoisotopic (exact) mass is 427 g/mol. The van der Waals surface area contributed by atoms with E-state index in [9.17, 15) is 9.59 Å². The summed E-state index contributed by atoms with van der Waals surface area (Å²) in [6.07, 6.45) is 0.490. The Morgan fingerprint density at radius 3 is 2.48 bits per heavy atom. The molecule has 0 spiro atoms. The summed E-state index contributed by atoms with van der Waals surface area (Å²) < 4.78 is 15.8. The number of carbonyl (C=O) groups excluding carboxylic acids is 2. The van der Waals surface area contributed by atoms with E-state index in [4.69, 9.17) is 25.8 Å². The number of benzene rings is 1. The van der Waals surface area contributed by atoms with Crippen LogP contribution in [0.4, 0.5) is 10.5 Å². The third kappa shape index (κ3) is 6.97. The molecule has 8 nitrogen and oxygen atoms in total. The molecule has 9 heteroatoms. The predicted molar refractivity (Wildman–Crippen MR) is 112 cm³/mol. The minimum absolute atomic E-state index is 0.180. The molecule has 162 valence electrons. The van der Waals surface area contributed by atoms with Crippen LogP contribution in [-0.4, -0.2) is 75.4 Å². The number of carbonyl (C=O) groups is 2. The lowest BCUT2D eigenvalue weighted by molar-refractivity contribution is -0.117. The lowest BCUT2D eigenvalue weighted by Crippen LogP contribution is -2.38. The predicted octanol–water partition coefficient (Wildman–Crippen LogP) is 3.10. The van der Waals surface area contributed by atoms with Crippen molar-refractivity contribution in [2.45, 2.75) is 20.3 Å². The van der Waals surface area contributed by atoms with E-state index in [0.29, 0.717) is 54.4 Å². The molecule has 0 radical (unpaired) electrons. The van der Waals surface area contributed by atoms with Gasteiger partial charge in [0.1, 0.15) is 11.5 Å². The Morgan fingerprint density at radius 1 is 1.10 bits per heavy atom. The summed E-state index contributed by atoms with van der Waals surface area (Å²) >= 11 is 6.15. The molecule has 0 saturated carbocycles. The fraction of sp³-hybridized carbons (Fsp3) is 0.600. The normalized spacial score (nSPS) is 15.0. The van der Waals surface area contributed by atoms with Crippen molar-refractivity contribution in [3.05, 3.63) is 17.2 Å². The summed E-state index contributed by atoms with van der Waals surface area (Å²) in [5, 5.41) is 3.22. The summed E-state index contributed by atoms with van der Waals surface area (Å²) in [5.74, 6) is 1.06. The minimum Gasteiger partial charge on any atom is -0.495 e. The van der Waals surface area contributed by atoms with Gasteiger partial charge >= 0.3 is 6.09 Å². The Kier molecular flexibility index (Phi) is 8.85. The van der Waals surface area contributed by atoms with Gasteiger partial charge < -0.3 is 24.4 Å². The van der Waals surface area contributed by atoms with Gasteiger partial charge in [0.25, 0.3) is 0 Å². The summed E-state index contributed by atoms with van der Waals surface area (Å²) in [7, 11) is 3.03. The molecule has 1 aliphatic rings. The highest BCUT2D eigenvalue weighted by Gasteiger charge is 2.22. The van der Waals surface area contributed by atoms with Gasteiger partial charge in [0.15, 0.2) is 0 Å². The molecule has 1 fully saturated rings. The van der Waals surface area contributed by atoms with Gasteiger partial charge in [-0.15, -0.1) is 0 Å². The van der Waals surface area contributed by atoms with Crippen LogP contribution in [0.3, 0.4) is 0 Å². The number of halogens is 1. The molecule has 1 heterocycles. The van der Waals surface area contributed by atoms with Crippen molar-refractivity contribution in [1.82, 2.24) is 9.80 Å². The number of ether oxygens (including phenoxy) is 3. The van der Waals surface area contributed by atoms with E-state index >= 15 is 0 Å². The number of methoxy groups -OCH3 is 2. The second-order valence-corrected chi connectivity index (χ2v) is 7.73. The van der Waals surface area contributed by atoms with E-state index in [-0.39, 0.29) is 18.5 Å². The summed E-state index contributed by atoms with van der Waals surface area (Å²) in [6, 6.07) is 3.23. The molecule has 0 bridgehead atoms. The van der Waals surface area contributed by atoms with E-state index in [1.165, 1.54) is 14.2 Å². The van der Waals surface area contributed by atoms with Crippen LogP contribution in [-0.2, 0) is 9.53 Å². The fourth-order valence-corrected chi connectivity index (χ4v) is 3.23. The van der Waals surface area contributed by atoms with Gasteiger partial charge in [-0.05, 0) is 18.4 Å². The molecule has 0 atom stereocenters. The maximum absolute atomic E-state index is 12.5. The Balaban J connectivity index is 1.90. The van der Waals surface area contributed by atoms with Gasteiger partial charge in [0, 0.05) is 32.2 Å². The van der Waals surface area contributed by atoms with Crippen LogP contribution in [0.1, 0.15) is 20.3 Å². The second kappa shape index (κ2) is 11.1. The first kappa shape index (κ1) is 23.1. The van der Waals surface area contributed by atoms with Crippen LogP contribution in [0.25, 0.3) is 0 Å². The molecule has 29 heavy (non-hydrogen) atoms. The molecule has 1 aliphatic heterocycles. The molecule has 2 amide bonds. The maximum atomic E-state index is 12.5. The number of anilines is 1. The van der Waals surface area contributed by atoms with Crippen molar-refractivity contribution in [2.24, 2.45) is 5.92 Å². The smallest absolute Gasteiger partial charge is 0.409 e. The standard InChI is InChI=1S/C20H30ClN3O5/c1-14(2)13-29-20(26)24-7-5-6-23(8-9-24)12-19(25)22-16-10-15(21)17(27-3)11-18(16)28-4/h10-11,14H,5-9,12-13H2,1-4H3,(H,22,25). The van der Waals surface area contributed by atoms with Gasteiger partial charge in [-0.3, -0.25) is 9.69 Å². The highest BCUT2D eigenvalue weighted by Crippen LogP contribution is 2.35. The van der Waals surface area contributed by atoms with Crippen LogP contribution in [0.5, 0.6) is 11.5 Å². The molecule has 0 aromatic heterocycles. The van der Waals surface area contributed by atoms with E-state index in [0.717, 1.165) is 13.0 Å². The molecular weight excluding hydrogens is 398 g/mol. The summed E-state index contributed by atoms with van der Waals surface area (Å²) in [4.78, 5) is 28.4. The van der Waals surface area contributed by atoms with Crippen LogP contribution >= 0.6 is 11.6 Å². The molecule has 0 aliphatic carbocycles. The van der Waals surface area contributed by atoms with E-state index in [1.54, 1.807) is 17.0 Å². The van der Waals surface area contributed by atoms with Gasteiger partial charge in [0.2, 0.25) is 5.91 Å². The van der Waals surface area contributed by atoms with E-state index in [2.05, 4.69) is 5.32 Å². The third-order valence-electron chi connectivity index (χ3n) is 4.50. The van der Waals surface area contributed by atoms with Crippen LogP contribution in [0.2, 0.25) is 5.02 Å². The van der Waals surface area contributed by atoms with Crippen molar-refractivity contribution in [3.63, 3.8) is 0 Å². The van der Waals surface area contributed by atoms with E-state index in [1.807, 2.05) is 18.7 Å². The lowest BCUT2D eigenvalue weighted by atomic mass is 10.2. The highest BCUT2D eigenvalue weighted by molar-refractivity contribution is 6.32. The van der Waals surface area contributed by atoms with Crippen molar-refractivity contribution >= 4 is 29.3 Å². The van der Waals surface area contributed by atoms with Gasteiger partial charge in [-0.2, -0.15) is 0 Å². The average Bonchev–Trinajstić information content (AvgIpc) is 2.91. The highest BCUT2D eigenvalue weighted by atomic mass is 35.5. The van der Waals surface area contributed by atoms with Crippen LogP contribution in [0.15, 0.2) is 12.1 Å². The molecule has 1 aromatic carbocycles. The third-order valence-corrected chi connectivity index (χ3v) is 4.80. The topological polar surface area (TPSA) is 80.3 Å². The number of hydrogen-bond acceptors (Lipinski definition) is 6. The number of amides is 2. The zero-order valence-corrected chi connectivity index (χ0v) is 18.3. The summed E-state index contributed by atoms with van der Waals surface area (Å²) in [5.41, 5.74) is 0.483. The Labute approximate surface area is 177 Å². The van der Waals surface area contributed by atoms with Gasteiger partial charge in [-0.25, -0.2) is 4.79 Å². The number of nitrogens with one attached hydrogen (secondary N) is 1. The summed E-state index contributed by atoms with van der Waals surface area (Å²) in [6.45, 7) is 7.10. The van der Waals surface area contributed by atoms with Gasteiger partial charge in [-0.1, -0.05) is 25.4 Å². The zero-order valence-electron chi connectivity index (χ0n) is 17.5.